The minimum absolute atomic E-state index is 0.0179. The normalized spacial score (nSPS) is 13.0. The van der Waals surface area contributed by atoms with Gasteiger partial charge in [0.05, 0.1) is 25.9 Å². The van der Waals surface area contributed by atoms with Crippen LogP contribution >= 0.6 is 0 Å². The van der Waals surface area contributed by atoms with Crippen LogP contribution in [0.5, 0.6) is 0 Å². The summed E-state index contributed by atoms with van der Waals surface area (Å²) >= 11 is 0. The van der Waals surface area contributed by atoms with E-state index in [0.717, 1.165) is 5.56 Å². The van der Waals surface area contributed by atoms with Gasteiger partial charge in [-0.2, -0.15) is 0 Å². The van der Waals surface area contributed by atoms with Crippen LogP contribution in [-0.2, 0) is 14.2 Å². The maximum atomic E-state index is 5.51. The van der Waals surface area contributed by atoms with Crippen molar-refractivity contribution in [2.24, 2.45) is 4.99 Å². The second kappa shape index (κ2) is 12.0. The molecule has 0 amide bonds. The molecule has 0 aliphatic heterocycles. The van der Waals surface area contributed by atoms with Crippen LogP contribution < -0.4 is 0 Å². The Morgan fingerprint density at radius 1 is 1.19 bits per heavy atom. The Labute approximate surface area is 126 Å². The second-order valence-electron chi connectivity index (χ2n) is 4.26. The summed E-state index contributed by atoms with van der Waals surface area (Å²) in [4.78, 5) is 4.53. The summed E-state index contributed by atoms with van der Waals surface area (Å²) in [6, 6.07) is 10.1. The minimum atomic E-state index is -0.0179. The molecular weight excluding hydrogens is 266 g/mol. The lowest BCUT2D eigenvalue weighted by Crippen LogP contribution is -2.06. The van der Waals surface area contributed by atoms with Crippen LogP contribution in [0.4, 0.5) is 0 Å². The summed E-state index contributed by atoms with van der Waals surface area (Å²) in [6.45, 7) is 5.50. The number of benzene rings is 1. The second-order valence-corrected chi connectivity index (χ2v) is 4.26. The van der Waals surface area contributed by atoms with E-state index in [9.17, 15) is 0 Å². The van der Waals surface area contributed by atoms with Crippen LogP contribution in [0.3, 0.4) is 0 Å². The maximum Gasteiger partial charge on any atom is 0.146 e. The van der Waals surface area contributed by atoms with Crippen molar-refractivity contribution in [3.8, 4) is 0 Å². The van der Waals surface area contributed by atoms with Crippen LogP contribution in [0.2, 0.25) is 0 Å². The van der Waals surface area contributed by atoms with E-state index in [4.69, 9.17) is 14.2 Å². The van der Waals surface area contributed by atoms with Gasteiger partial charge in [0.25, 0.3) is 0 Å². The molecule has 1 atom stereocenters. The standard InChI is InChI=1S/C17H23NO3/c1-3-12-20-14-17(16-9-5-4-6-10-16)18-11-7-8-13-21-15-19-2/h3-11,17H,1,12-15H2,2H3/b8-7+,18-11?/t17-/m0/s1. The fraction of sp³-hybridized carbons (Fsp3) is 0.353. The Morgan fingerprint density at radius 3 is 2.71 bits per heavy atom. The monoisotopic (exact) mass is 289 g/mol. The Bertz CT molecular complexity index is 429. The average Bonchev–Trinajstić information content (AvgIpc) is 2.53. The molecule has 21 heavy (non-hydrogen) atoms. The van der Waals surface area contributed by atoms with Crippen LogP contribution in [-0.4, -0.2) is 39.9 Å². The first-order chi connectivity index (χ1) is 10.4. The van der Waals surface area contributed by atoms with Crippen LogP contribution in [0.25, 0.3) is 0 Å². The molecule has 0 fully saturated rings. The van der Waals surface area contributed by atoms with E-state index in [-0.39, 0.29) is 6.04 Å². The Balaban J connectivity index is 2.50. The predicted octanol–water partition coefficient (Wildman–Crippen LogP) is 3.18. The van der Waals surface area contributed by atoms with Crippen molar-refractivity contribution < 1.29 is 14.2 Å². The van der Waals surface area contributed by atoms with Gasteiger partial charge in [0.2, 0.25) is 0 Å². The Morgan fingerprint density at radius 2 is 2.00 bits per heavy atom. The molecular formula is C17H23NO3. The highest BCUT2D eigenvalue weighted by Gasteiger charge is 2.08. The van der Waals surface area contributed by atoms with Gasteiger partial charge in [-0.1, -0.05) is 42.5 Å². The maximum absolute atomic E-state index is 5.51. The zero-order valence-electron chi connectivity index (χ0n) is 12.5. The number of ether oxygens (including phenoxy) is 3. The van der Waals surface area contributed by atoms with Crippen LogP contribution in [0.1, 0.15) is 11.6 Å². The Kier molecular flexibility index (Phi) is 9.91. The van der Waals surface area contributed by atoms with Crippen molar-refractivity contribution in [1.82, 2.24) is 0 Å². The van der Waals surface area contributed by atoms with Crippen molar-refractivity contribution >= 4 is 6.21 Å². The highest BCUT2D eigenvalue weighted by atomic mass is 16.7. The number of rotatable bonds is 11. The summed E-state index contributed by atoms with van der Waals surface area (Å²) in [7, 11) is 1.60. The number of nitrogens with zero attached hydrogens (tertiary/aromatic N) is 1. The van der Waals surface area contributed by atoms with Gasteiger partial charge >= 0.3 is 0 Å². The highest BCUT2D eigenvalue weighted by Crippen LogP contribution is 2.17. The first-order valence-electron chi connectivity index (χ1n) is 6.87. The first-order valence-corrected chi connectivity index (χ1v) is 6.87. The van der Waals surface area contributed by atoms with Gasteiger partial charge < -0.3 is 14.2 Å². The third kappa shape index (κ3) is 8.19. The van der Waals surface area contributed by atoms with E-state index in [1.54, 1.807) is 19.4 Å². The fourth-order valence-electron chi connectivity index (χ4n) is 1.63. The summed E-state index contributed by atoms with van der Waals surface area (Å²) in [5.74, 6) is 0. The summed E-state index contributed by atoms with van der Waals surface area (Å²) < 4.78 is 15.4. The summed E-state index contributed by atoms with van der Waals surface area (Å²) in [5.41, 5.74) is 1.13. The largest absolute Gasteiger partial charge is 0.375 e. The third-order valence-electron chi connectivity index (χ3n) is 2.60. The van der Waals surface area contributed by atoms with Gasteiger partial charge in [-0.3, -0.25) is 4.99 Å². The van der Waals surface area contributed by atoms with Crippen molar-refractivity contribution in [1.29, 1.82) is 0 Å². The molecule has 0 aliphatic carbocycles. The fourth-order valence-corrected chi connectivity index (χ4v) is 1.63. The number of methoxy groups -OCH3 is 1. The van der Waals surface area contributed by atoms with Gasteiger partial charge in [-0.15, -0.1) is 6.58 Å². The number of aliphatic imine (C=N–C) groups is 1. The molecule has 114 valence electrons. The lowest BCUT2D eigenvalue weighted by molar-refractivity contribution is -0.0186. The molecule has 0 N–H and O–H groups in total. The average molecular weight is 289 g/mol. The lowest BCUT2D eigenvalue weighted by Gasteiger charge is -2.12. The third-order valence-corrected chi connectivity index (χ3v) is 2.60. The summed E-state index contributed by atoms with van der Waals surface area (Å²) in [5, 5.41) is 0. The van der Waals surface area contributed by atoms with E-state index < -0.39 is 0 Å². The summed E-state index contributed by atoms with van der Waals surface area (Å²) in [6.07, 6.45) is 7.25. The lowest BCUT2D eigenvalue weighted by atomic mass is 10.1. The molecule has 1 aromatic rings. The van der Waals surface area contributed by atoms with E-state index in [2.05, 4.69) is 11.6 Å². The quantitative estimate of drug-likeness (QED) is 0.272. The molecule has 0 bridgehead atoms. The molecule has 0 radical (unpaired) electrons. The SMILES string of the molecule is C=CCOC[C@H](N=C/C=C/COCOC)c1ccccc1. The molecule has 4 nitrogen and oxygen atoms in total. The predicted molar refractivity (Wildman–Crippen MR) is 85.7 cm³/mol. The number of hydrogen-bond acceptors (Lipinski definition) is 4. The van der Waals surface area contributed by atoms with E-state index in [1.165, 1.54) is 0 Å². The zero-order valence-corrected chi connectivity index (χ0v) is 12.5. The smallest absolute Gasteiger partial charge is 0.146 e. The minimum Gasteiger partial charge on any atom is -0.375 e. The van der Waals surface area contributed by atoms with E-state index >= 15 is 0 Å². The van der Waals surface area contributed by atoms with Crippen LogP contribution in [0.15, 0.2) is 60.1 Å². The molecule has 0 saturated carbocycles. The van der Waals surface area contributed by atoms with Gasteiger partial charge in [-0.05, 0) is 11.6 Å². The Hall–Kier alpha value is -1.75. The molecule has 0 spiro atoms. The van der Waals surface area contributed by atoms with Gasteiger partial charge in [-0.25, -0.2) is 0 Å². The number of hydrogen-bond donors (Lipinski definition) is 0. The molecule has 0 unspecified atom stereocenters. The van der Waals surface area contributed by atoms with Crippen molar-refractivity contribution in [3.63, 3.8) is 0 Å². The molecule has 0 aromatic heterocycles. The van der Waals surface area contributed by atoms with Crippen LogP contribution in [0, 0.1) is 0 Å². The van der Waals surface area contributed by atoms with Gasteiger partial charge in [0, 0.05) is 13.3 Å². The molecule has 0 saturated heterocycles. The number of allylic oxidation sites excluding steroid dienone is 1. The highest BCUT2D eigenvalue weighted by molar-refractivity contribution is 5.71. The van der Waals surface area contributed by atoms with E-state index in [0.29, 0.717) is 26.6 Å². The first kappa shape index (κ1) is 17.3. The molecule has 1 rings (SSSR count). The van der Waals surface area contributed by atoms with Crippen molar-refractivity contribution in [3.05, 3.63) is 60.7 Å². The van der Waals surface area contributed by atoms with Crippen molar-refractivity contribution in [2.75, 3.05) is 33.7 Å². The molecule has 0 aliphatic rings. The molecule has 0 heterocycles. The van der Waals surface area contributed by atoms with Gasteiger partial charge in [0.1, 0.15) is 6.79 Å². The van der Waals surface area contributed by atoms with Gasteiger partial charge in [0.15, 0.2) is 0 Å². The molecule has 4 heteroatoms. The van der Waals surface area contributed by atoms with Crippen molar-refractivity contribution in [2.45, 2.75) is 6.04 Å². The topological polar surface area (TPSA) is 40.0 Å². The molecule has 1 aromatic carbocycles. The van der Waals surface area contributed by atoms with E-state index in [1.807, 2.05) is 42.5 Å². The zero-order chi connectivity index (χ0) is 15.2.